The fraction of sp³-hybridized carbons (Fsp3) is 1.00. The van der Waals surface area contributed by atoms with E-state index in [0.29, 0.717) is 0 Å². The molecule has 64 valence electrons. The molecule has 0 aromatic heterocycles. The van der Waals surface area contributed by atoms with Crippen LogP contribution in [0.25, 0.3) is 0 Å². The highest BCUT2D eigenvalue weighted by Gasteiger charge is 2.34. The van der Waals surface area contributed by atoms with Gasteiger partial charge in [0.05, 0.1) is 0 Å². The first-order valence-corrected chi connectivity index (χ1v) is 5.31. The standard InChI is InChI=1S/C8H15IN2/c1-10-3-2-7-5-11(9)6-8(7)4-10/h7-8H,2-6H2,1H3/t7-,8+/m1/s1. The van der Waals surface area contributed by atoms with Crippen LogP contribution in [0.3, 0.4) is 0 Å². The van der Waals surface area contributed by atoms with E-state index >= 15 is 0 Å². The molecule has 2 nitrogen and oxygen atoms in total. The van der Waals surface area contributed by atoms with E-state index in [-0.39, 0.29) is 0 Å². The van der Waals surface area contributed by atoms with Gasteiger partial charge >= 0.3 is 0 Å². The van der Waals surface area contributed by atoms with Crippen LogP contribution in [0.2, 0.25) is 0 Å². The normalized spacial score (nSPS) is 40.9. The molecule has 0 amide bonds. The van der Waals surface area contributed by atoms with E-state index < -0.39 is 0 Å². The number of hydrogen-bond donors (Lipinski definition) is 0. The van der Waals surface area contributed by atoms with Crippen LogP contribution in [0.4, 0.5) is 0 Å². The van der Waals surface area contributed by atoms with Crippen molar-refractivity contribution < 1.29 is 0 Å². The molecule has 0 aromatic carbocycles. The zero-order valence-electron chi connectivity index (χ0n) is 6.96. The smallest absolute Gasteiger partial charge is 0.0201 e. The minimum absolute atomic E-state index is 0.964. The Hall–Kier alpha value is 0.650. The number of rotatable bonds is 0. The Kier molecular flexibility index (Phi) is 2.39. The minimum atomic E-state index is 0.964. The van der Waals surface area contributed by atoms with Crippen LogP contribution in [0, 0.1) is 11.8 Å². The average molecular weight is 266 g/mol. The average Bonchev–Trinajstić information content (AvgIpc) is 2.27. The number of hydrogen-bond acceptors (Lipinski definition) is 2. The molecular weight excluding hydrogens is 251 g/mol. The lowest BCUT2D eigenvalue weighted by Crippen LogP contribution is -2.37. The van der Waals surface area contributed by atoms with Gasteiger partial charge in [0.1, 0.15) is 0 Å². The van der Waals surface area contributed by atoms with Gasteiger partial charge in [-0.3, -0.25) is 0 Å². The van der Waals surface area contributed by atoms with Crippen molar-refractivity contribution in [1.29, 1.82) is 0 Å². The molecule has 2 saturated heterocycles. The first-order chi connectivity index (χ1) is 5.25. The summed E-state index contributed by atoms with van der Waals surface area (Å²) in [6, 6.07) is 0. The molecule has 0 aliphatic carbocycles. The quantitative estimate of drug-likeness (QED) is 0.480. The third kappa shape index (κ3) is 1.70. The predicted octanol–water partition coefficient (Wildman–Crippen LogP) is 1.22. The summed E-state index contributed by atoms with van der Waals surface area (Å²) < 4.78 is 2.45. The molecule has 2 heterocycles. The van der Waals surface area contributed by atoms with Gasteiger partial charge in [0.15, 0.2) is 0 Å². The van der Waals surface area contributed by atoms with Crippen LogP contribution < -0.4 is 0 Å². The first-order valence-electron chi connectivity index (χ1n) is 4.35. The second-order valence-corrected chi connectivity index (χ2v) is 5.26. The van der Waals surface area contributed by atoms with Gasteiger partial charge in [0.25, 0.3) is 0 Å². The molecule has 11 heavy (non-hydrogen) atoms. The molecule has 2 atom stereocenters. The van der Waals surface area contributed by atoms with E-state index in [9.17, 15) is 0 Å². The summed E-state index contributed by atoms with van der Waals surface area (Å²) in [6.45, 7) is 5.28. The Bertz CT molecular complexity index is 151. The SMILES string of the molecule is CN1CC[C@@H]2CN(I)C[C@@H]2C1. The second kappa shape index (κ2) is 3.18. The molecule has 2 rings (SSSR count). The van der Waals surface area contributed by atoms with Gasteiger partial charge in [-0.05, 0) is 31.8 Å². The molecule has 2 aliphatic heterocycles. The molecule has 2 fully saturated rings. The maximum absolute atomic E-state index is 2.47. The van der Waals surface area contributed by atoms with Gasteiger partial charge in [0.2, 0.25) is 0 Å². The summed E-state index contributed by atoms with van der Waals surface area (Å²) >= 11 is 2.46. The van der Waals surface area contributed by atoms with Crippen molar-refractivity contribution in [2.24, 2.45) is 11.8 Å². The van der Waals surface area contributed by atoms with Crippen molar-refractivity contribution in [3.63, 3.8) is 0 Å². The van der Waals surface area contributed by atoms with Gasteiger partial charge < -0.3 is 4.90 Å². The molecule has 3 heteroatoms. The van der Waals surface area contributed by atoms with Crippen molar-refractivity contribution >= 4 is 22.9 Å². The maximum Gasteiger partial charge on any atom is 0.0201 e. The van der Waals surface area contributed by atoms with Gasteiger partial charge in [-0.2, -0.15) is 0 Å². The lowest BCUT2D eigenvalue weighted by atomic mass is 9.89. The van der Waals surface area contributed by atoms with Gasteiger partial charge in [-0.15, -0.1) is 0 Å². The Morgan fingerprint density at radius 1 is 1.18 bits per heavy atom. The van der Waals surface area contributed by atoms with Crippen molar-refractivity contribution in [1.82, 2.24) is 8.01 Å². The molecule has 0 unspecified atom stereocenters. The van der Waals surface area contributed by atoms with Crippen LogP contribution in [0.1, 0.15) is 6.42 Å². The van der Waals surface area contributed by atoms with Crippen LogP contribution in [0.15, 0.2) is 0 Å². The van der Waals surface area contributed by atoms with E-state index in [0.717, 1.165) is 11.8 Å². The molecular formula is C8H15IN2. The molecule has 0 spiro atoms. The monoisotopic (exact) mass is 266 g/mol. The highest BCUT2D eigenvalue weighted by molar-refractivity contribution is 14.1. The zero-order valence-corrected chi connectivity index (χ0v) is 9.12. The van der Waals surface area contributed by atoms with Crippen molar-refractivity contribution in [3.8, 4) is 0 Å². The van der Waals surface area contributed by atoms with Gasteiger partial charge in [0, 0.05) is 42.5 Å². The van der Waals surface area contributed by atoms with E-state index in [1.54, 1.807) is 0 Å². The molecule has 0 bridgehead atoms. The first kappa shape index (κ1) is 8.26. The van der Waals surface area contributed by atoms with Crippen molar-refractivity contribution in [2.75, 3.05) is 33.2 Å². The molecule has 0 N–H and O–H groups in total. The van der Waals surface area contributed by atoms with Crippen LogP contribution in [-0.2, 0) is 0 Å². The predicted molar refractivity (Wildman–Crippen MR) is 54.7 cm³/mol. The lowest BCUT2D eigenvalue weighted by Gasteiger charge is -2.31. The Morgan fingerprint density at radius 2 is 1.91 bits per heavy atom. The topological polar surface area (TPSA) is 6.48 Å². The summed E-state index contributed by atoms with van der Waals surface area (Å²) in [4.78, 5) is 2.47. The maximum atomic E-state index is 2.47. The Balaban J connectivity index is 1.97. The Morgan fingerprint density at radius 3 is 2.73 bits per heavy atom. The van der Waals surface area contributed by atoms with Crippen molar-refractivity contribution in [2.45, 2.75) is 6.42 Å². The van der Waals surface area contributed by atoms with Gasteiger partial charge in [-0.25, -0.2) is 3.11 Å². The minimum Gasteiger partial charge on any atom is -0.306 e. The summed E-state index contributed by atoms with van der Waals surface area (Å²) in [5.74, 6) is 1.97. The fourth-order valence-corrected chi connectivity index (χ4v) is 3.31. The third-order valence-electron chi connectivity index (χ3n) is 2.96. The second-order valence-electron chi connectivity index (χ2n) is 3.90. The van der Waals surface area contributed by atoms with Crippen LogP contribution >= 0.6 is 22.9 Å². The fourth-order valence-electron chi connectivity index (χ4n) is 2.29. The third-order valence-corrected chi connectivity index (χ3v) is 3.75. The highest BCUT2D eigenvalue weighted by atomic mass is 127. The number of piperidine rings is 1. The van der Waals surface area contributed by atoms with Gasteiger partial charge in [-0.1, -0.05) is 0 Å². The van der Waals surface area contributed by atoms with E-state index in [2.05, 4.69) is 37.9 Å². The number of likely N-dealkylation sites (tertiary alicyclic amines) is 1. The zero-order chi connectivity index (χ0) is 7.84. The summed E-state index contributed by atoms with van der Waals surface area (Å²) in [6.07, 6.45) is 1.42. The summed E-state index contributed by atoms with van der Waals surface area (Å²) in [7, 11) is 2.24. The van der Waals surface area contributed by atoms with E-state index in [1.165, 1.54) is 32.6 Å². The lowest BCUT2D eigenvalue weighted by molar-refractivity contribution is 0.178. The number of nitrogens with zero attached hydrogens (tertiary/aromatic N) is 2. The molecule has 0 radical (unpaired) electrons. The summed E-state index contributed by atoms with van der Waals surface area (Å²) in [5, 5.41) is 0. The van der Waals surface area contributed by atoms with Crippen LogP contribution in [0.5, 0.6) is 0 Å². The highest BCUT2D eigenvalue weighted by Crippen LogP contribution is 2.31. The molecule has 0 saturated carbocycles. The summed E-state index contributed by atoms with van der Waals surface area (Å²) in [5.41, 5.74) is 0. The number of fused-ring (bicyclic) bond motifs is 1. The molecule has 2 aliphatic rings. The largest absolute Gasteiger partial charge is 0.306 e. The van der Waals surface area contributed by atoms with Crippen LogP contribution in [-0.4, -0.2) is 41.2 Å². The number of halogens is 1. The Labute approximate surface area is 82.4 Å². The van der Waals surface area contributed by atoms with E-state index in [1.807, 2.05) is 0 Å². The van der Waals surface area contributed by atoms with Crippen molar-refractivity contribution in [3.05, 3.63) is 0 Å². The molecule has 0 aromatic rings. The van der Waals surface area contributed by atoms with E-state index in [4.69, 9.17) is 0 Å².